The standard InChI is InChI=1S/C21H19PS2/c1-3-18-12-8-9-15-20(18)22(23,19-13-5-4-6-14-19)24-21-16-10-7-11-17(21)2/h3-16H,1H2,2H3. The number of benzene rings is 3. The third-order valence-corrected chi connectivity index (χ3v) is 11.3. The van der Waals surface area contributed by atoms with E-state index in [1.54, 1.807) is 0 Å². The molecule has 3 aromatic rings. The van der Waals surface area contributed by atoms with Gasteiger partial charge in [-0.1, -0.05) is 109 Å². The van der Waals surface area contributed by atoms with Crippen LogP contribution in [0.2, 0.25) is 0 Å². The number of rotatable bonds is 5. The van der Waals surface area contributed by atoms with E-state index in [0.29, 0.717) is 0 Å². The van der Waals surface area contributed by atoms with Crippen LogP contribution in [-0.4, -0.2) is 0 Å². The average molecular weight is 366 g/mol. The lowest BCUT2D eigenvalue weighted by atomic mass is 10.2. The first-order valence-corrected chi connectivity index (χ1v) is 12.0. The van der Waals surface area contributed by atoms with E-state index in [1.807, 2.05) is 29.6 Å². The smallest absolute Gasteiger partial charge is 0.0665 e. The molecule has 0 aliphatic heterocycles. The van der Waals surface area contributed by atoms with Crippen molar-refractivity contribution in [3.05, 3.63) is 96.6 Å². The monoisotopic (exact) mass is 366 g/mol. The number of aryl methyl sites for hydroxylation is 1. The summed E-state index contributed by atoms with van der Waals surface area (Å²) in [5.41, 5.74) is 2.40. The molecule has 0 aromatic heterocycles. The van der Waals surface area contributed by atoms with Gasteiger partial charge < -0.3 is 0 Å². The van der Waals surface area contributed by atoms with Crippen LogP contribution in [0.25, 0.3) is 6.08 Å². The molecule has 0 amide bonds. The van der Waals surface area contributed by atoms with Crippen LogP contribution in [0.15, 0.2) is 90.3 Å². The van der Waals surface area contributed by atoms with Crippen LogP contribution in [0, 0.1) is 6.92 Å². The fourth-order valence-electron chi connectivity index (χ4n) is 2.59. The topological polar surface area (TPSA) is 0 Å². The Morgan fingerprint density at radius 2 is 1.50 bits per heavy atom. The van der Waals surface area contributed by atoms with Gasteiger partial charge in [0.1, 0.15) is 0 Å². The molecule has 0 aliphatic carbocycles. The highest BCUT2D eigenvalue weighted by Crippen LogP contribution is 2.61. The minimum atomic E-state index is -2.05. The van der Waals surface area contributed by atoms with Crippen molar-refractivity contribution < 1.29 is 0 Å². The molecule has 0 aliphatic rings. The van der Waals surface area contributed by atoms with E-state index in [0.717, 1.165) is 5.56 Å². The van der Waals surface area contributed by atoms with E-state index in [1.165, 1.54) is 21.1 Å². The highest BCUT2D eigenvalue weighted by Gasteiger charge is 2.26. The van der Waals surface area contributed by atoms with Crippen molar-refractivity contribution in [1.29, 1.82) is 0 Å². The molecule has 24 heavy (non-hydrogen) atoms. The second-order valence-corrected chi connectivity index (χ2v) is 12.8. The molecule has 0 N–H and O–H groups in total. The molecule has 0 heterocycles. The highest BCUT2D eigenvalue weighted by atomic mass is 32.9. The summed E-state index contributed by atoms with van der Waals surface area (Å²) in [6.07, 6.45) is 1.91. The summed E-state index contributed by atoms with van der Waals surface area (Å²) >= 11 is 8.19. The van der Waals surface area contributed by atoms with E-state index in [4.69, 9.17) is 11.8 Å². The van der Waals surface area contributed by atoms with Crippen LogP contribution in [0.5, 0.6) is 0 Å². The molecule has 0 fully saturated rings. The minimum Gasteiger partial charge on any atom is -0.0984 e. The predicted octanol–water partition coefficient (Wildman–Crippen LogP) is 5.78. The number of hydrogen-bond donors (Lipinski definition) is 0. The summed E-state index contributed by atoms with van der Waals surface area (Å²) in [7, 11) is 0. The molecule has 120 valence electrons. The fraction of sp³-hybridized carbons (Fsp3) is 0.0476. The predicted molar refractivity (Wildman–Crippen MR) is 114 cm³/mol. The SMILES string of the molecule is C=Cc1ccccc1P(=S)(Sc1ccccc1C)c1ccccc1. The van der Waals surface area contributed by atoms with Gasteiger partial charge in [-0.2, -0.15) is 0 Å². The van der Waals surface area contributed by atoms with Crippen LogP contribution in [0.1, 0.15) is 11.1 Å². The first kappa shape index (κ1) is 17.2. The van der Waals surface area contributed by atoms with Crippen LogP contribution in [-0.2, 0) is 11.8 Å². The molecular formula is C21H19PS2. The third-order valence-electron chi connectivity index (χ3n) is 3.89. The van der Waals surface area contributed by atoms with Crippen molar-refractivity contribution in [2.24, 2.45) is 0 Å². The molecule has 1 unspecified atom stereocenters. The Labute approximate surface area is 153 Å². The van der Waals surface area contributed by atoms with E-state index in [9.17, 15) is 0 Å². The summed E-state index contributed by atoms with van der Waals surface area (Å²) in [6.45, 7) is 6.13. The van der Waals surface area contributed by atoms with Crippen LogP contribution < -0.4 is 10.6 Å². The molecule has 1 atom stereocenters. The van der Waals surface area contributed by atoms with Gasteiger partial charge in [-0.15, -0.1) is 0 Å². The van der Waals surface area contributed by atoms with Gasteiger partial charge in [-0.3, -0.25) is 0 Å². The lowest BCUT2D eigenvalue weighted by molar-refractivity contribution is 1.31. The molecule has 0 saturated carbocycles. The maximum Gasteiger partial charge on any atom is 0.0665 e. The van der Waals surface area contributed by atoms with Gasteiger partial charge in [-0.05, 0) is 29.4 Å². The van der Waals surface area contributed by atoms with Crippen LogP contribution in [0.3, 0.4) is 0 Å². The molecular weight excluding hydrogens is 347 g/mol. The van der Waals surface area contributed by atoms with Crippen molar-refractivity contribution in [2.45, 2.75) is 11.8 Å². The van der Waals surface area contributed by atoms with Crippen LogP contribution >= 0.6 is 16.6 Å². The Morgan fingerprint density at radius 1 is 0.875 bits per heavy atom. The zero-order chi connectivity index (χ0) is 17.0. The summed E-state index contributed by atoms with van der Waals surface area (Å²) < 4.78 is 0. The van der Waals surface area contributed by atoms with E-state index in [-0.39, 0.29) is 0 Å². The first-order chi connectivity index (χ1) is 11.6. The fourth-order valence-corrected chi connectivity index (χ4v) is 9.56. The molecule has 0 nitrogen and oxygen atoms in total. The molecule has 0 radical (unpaired) electrons. The zero-order valence-electron chi connectivity index (χ0n) is 13.6. The zero-order valence-corrected chi connectivity index (χ0v) is 16.1. The minimum absolute atomic E-state index is 1.13. The third kappa shape index (κ3) is 3.42. The summed E-state index contributed by atoms with van der Waals surface area (Å²) in [5, 5.41) is 0.393. The Hall–Kier alpha value is -1.60. The van der Waals surface area contributed by atoms with Crippen molar-refractivity contribution in [2.75, 3.05) is 0 Å². The van der Waals surface area contributed by atoms with Crippen molar-refractivity contribution in [3.63, 3.8) is 0 Å². The molecule has 3 aromatic carbocycles. The second kappa shape index (κ2) is 7.53. The molecule has 0 saturated heterocycles. The summed E-state index contributed by atoms with van der Waals surface area (Å²) in [5.74, 6) is 0. The summed E-state index contributed by atoms with van der Waals surface area (Å²) in [4.78, 5) is 1.25. The van der Waals surface area contributed by atoms with Gasteiger partial charge in [0, 0.05) is 10.2 Å². The molecule has 0 bridgehead atoms. The molecule has 3 heteroatoms. The number of hydrogen-bond acceptors (Lipinski definition) is 2. The Balaban J connectivity index is 2.21. The maximum atomic E-state index is 6.36. The lowest BCUT2D eigenvalue weighted by Gasteiger charge is -2.25. The van der Waals surface area contributed by atoms with Crippen molar-refractivity contribution >= 4 is 45.1 Å². The van der Waals surface area contributed by atoms with Crippen LogP contribution in [0.4, 0.5) is 0 Å². The second-order valence-electron chi connectivity index (χ2n) is 5.51. The Kier molecular flexibility index (Phi) is 5.40. The molecule has 3 rings (SSSR count). The first-order valence-electron chi connectivity index (χ1n) is 7.78. The van der Waals surface area contributed by atoms with E-state index < -0.39 is 5.24 Å². The van der Waals surface area contributed by atoms with Gasteiger partial charge in [0.2, 0.25) is 0 Å². The largest absolute Gasteiger partial charge is 0.0984 e. The van der Waals surface area contributed by atoms with Gasteiger partial charge in [0.05, 0.1) is 5.24 Å². The Bertz CT molecular complexity index is 900. The summed E-state index contributed by atoms with van der Waals surface area (Å²) in [6, 6.07) is 27.4. The van der Waals surface area contributed by atoms with Gasteiger partial charge in [0.15, 0.2) is 0 Å². The average Bonchev–Trinajstić information content (AvgIpc) is 2.64. The Morgan fingerprint density at radius 3 is 2.21 bits per heavy atom. The normalized spacial score (nSPS) is 13.2. The van der Waals surface area contributed by atoms with Crippen molar-refractivity contribution in [3.8, 4) is 0 Å². The maximum absolute atomic E-state index is 6.36. The van der Waals surface area contributed by atoms with Gasteiger partial charge >= 0.3 is 0 Å². The van der Waals surface area contributed by atoms with E-state index >= 15 is 0 Å². The lowest BCUT2D eigenvalue weighted by Crippen LogP contribution is -2.15. The van der Waals surface area contributed by atoms with Gasteiger partial charge in [-0.25, -0.2) is 0 Å². The highest BCUT2D eigenvalue weighted by molar-refractivity contribution is 8.75. The van der Waals surface area contributed by atoms with E-state index in [2.05, 4.69) is 80.2 Å². The van der Waals surface area contributed by atoms with Gasteiger partial charge in [0.25, 0.3) is 0 Å². The molecule has 0 spiro atoms. The van der Waals surface area contributed by atoms with Crippen molar-refractivity contribution in [1.82, 2.24) is 0 Å². The quantitative estimate of drug-likeness (QED) is 0.525.